The Hall–Kier alpha value is -0.760. The van der Waals surface area contributed by atoms with Crippen LogP contribution in [0.1, 0.15) is 51.0 Å². The lowest BCUT2D eigenvalue weighted by Crippen LogP contribution is -2.32. The van der Waals surface area contributed by atoms with E-state index in [1.54, 1.807) is 0 Å². The first-order chi connectivity index (χ1) is 7.86. The summed E-state index contributed by atoms with van der Waals surface area (Å²) in [6, 6.07) is 2.81. The van der Waals surface area contributed by atoms with E-state index < -0.39 is 0 Å². The molecule has 0 saturated heterocycles. The lowest BCUT2D eigenvalue weighted by atomic mass is 9.93. The average molecular weight is 220 g/mol. The van der Waals surface area contributed by atoms with Crippen molar-refractivity contribution in [3.8, 4) is 0 Å². The fourth-order valence-corrected chi connectivity index (χ4v) is 2.72. The van der Waals surface area contributed by atoms with Crippen molar-refractivity contribution in [2.75, 3.05) is 0 Å². The van der Waals surface area contributed by atoms with Crippen LogP contribution >= 0.6 is 0 Å². The molecule has 1 heterocycles. The van der Waals surface area contributed by atoms with Gasteiger partial charge in [0.1, 0.15) is 0 Å². The van der Waals surface area contributed by atoms with Gasteiger partial charge in [-0.3, -0.25) is 0 Å². The summed E-state index contributed by atoms with van der Waals surface area (Å²) in [6.45, 7) is 3.35. The van der Waals surface area contributed by atoms with Crippen molar-refractivity contribution in [2.45, 2.75) is 58.0 Å². The average Bonchev–Trinajstić information content (AvgIpc) is 2.66. The number of hydrogen-bond donors (Lipinski definition) is 2. The number of nitrogens with one attached hydrogen (secondary N) is 2. The first kappa shape index (κ1) is 11.7. The van der Waals surface area contributed by atoms with Crippen LogP contribution in [0.25, 0.3) is 0 Å². The quantitative estimate of drug-likeness (QED) is 0.747. The van der Waals surface area contributed by atoms with Gasteiger partial charge < -0.3 is 10.3 Å². The molecule has 0 spiro atoms. The van der Waals surface area contributed by atoms with Crippen molar-refractivity contribution in [2.24, 2.45) is 5.92 Å². The topological polar surface area (TPSA) is 27.8 Å². The fourth-order valence-electron chi connectivity index (χ4n) is 2.72. The molecule has 0 radical (unpaired) electrons. The van der Waals surface area contributed by atoms with Gasteiger partial charge in [-0.1, -0.05) is 25.7 Å². The van der Waals surface area contributed by atoms with Gasteiger partial charge in [0.15, 0.2) is 0 Å². The Morgan fingerprint density at radius 1 is 1.31 bits per heavy atom. The molecule has 0 amide bonds. The maximum Gasteiger partial charge on any atom is 0.0223 e. The highest BCUT2D eigenvalue weighted by Gasteiger charge is 2.18. The van der Waals surface area contributed by atoms with Crippen molar-refractivity contribution < 1.29 is 0 Å². The molecule has 2 heteroatoms. The van der Waals surface area contributed by atoms with E-state index in [9.17, 15) is 0 Å². The first-order valence-electron chi connectivity index (χ1n) is 6.71. The van der Waals surface area contributed by atoms with Crippen LogP contribution in [0, 0.1) is 5.92 Å². The molecule has 0 aromatic carbocycles. The van der Waals surface area contributed by atoms with E-state index in [-0.39, 0.29) is 0 Å². The van der Waals surface area contributed by atoms with E-state index in [4.69, 9.17) is 0 Å². The maximum atomic E-state index is 3.66. The largest absolute Gasteiger partial charge is 0.367 e. The minimum Gasteiger partial charge on any atom is -0.367 e. The van der Waals surface area contributed by atoms with Gasteiger partial charge in [0.2, 0.25) is 0 Å². The fraction of sp³-hybridized carbons (Fsp3) is 0.714. The minimum atomic E-state index is 0.660. The van der Waals surface area contributed by atoms with Gasteiger partial charge in [-0.2, -0.15) is 0 Å². The number of aromatic nitrogens is 1. The third kappa shape index (κ3) is 3.38. The lowest BCUT2D eigenvalue weighted by molar-refractivity contribution is 0.337. The van der Waals surface area contributed by atoms with Crippen molar-refractivity contribution >= 4 is 0 Å². The highest BCUT2D eigenvalue weighted by molar-refractivity contribution is 5.07. The normalized spacial score (nSPS) is 20.6. The molecular weight excluding hydrogens is 196 g/mol. The molecular formula is C14H24N2. The van der Waals surface area contributed by atoms with Gasteiger partial charge in [0.05, 0.1) is 0 Å². The summed E-state index contributed by atoms with van der Waals surface area (Å²) in [5, 5.41) is 3.66. The Bertz CT molecular complexity index is 271. The Morgan fingerprint density at radius 2 is 2.06 bits per heavy atom. The lowest BCUT2D eigenvalue weighted by Gasteiger charge is -2.23. The van der Waals surface area contributed by atoms with E-state index >= 15 is 0 Å². The summed E-state index contributed by atoms with van der Waals surface area (Å²) in [4.78, 5) is 3.10. The molecule has 0 bridgehead atoms. The maximum absolute atomic E-state index is 3.66. The van der Waals surface area contributed by atoms with Crippen molar-refractivity contribution in [3.63, 3.8) is 0 Å². The van der Waals surface area contributed by atoms with Crippen LogP contribution in [-0.4, -0.2) is 11.0 Å². The second-order valence-corrected chi connectivity index (χ2v) is 5.14. The predicted molar refractivity (Wildman–Crippen MR) is 68.3 cm³/mol. The number of hydrogen-bond acceptors (Lipinski definition) is 1. The third-order valence-electron chi connectivity index (χ3n) is 3.90. The van der Waals surface area contributed by atoms with Crippen LogP contribution in [0.15, 0.2) is 18.5 Å². The van der Waals surface area contributed by atoms with Gasteiger partial charge in [-0.05, 0) is 37.3 Å². The SMILES string of the molecule is C[C@@H](NCc1cc[nH]c1)C1CCCCCC1. The van der Waals surface area contributed by atoms with Gasteiger partial charge in [0.25, 0.3) is 0 Å². The molecule has 16 heavy (non-hydrogen) atoms. The molecule has 2 nitrogen and oxygen atoms in total. The van der Waals surface area contributed by atoms with Gasteiger partial charge in [-0.25, -0.2) is 0 Å². The van der Waals surface area contributed by atoms with Crippen LogP contribution < -0.4 is 5.32 Å². The van der Waals surface area contributed by atoms with E-state index in [2.05, 4.69) is 29.5 Å². The highest BCUT2D eigenvalue weighted by atomic mass is 14.9. The highest BCUT2D eigenvalue weighted by Crippen LogP contribution is 2.25. The number of rotatable bonds is 4. The number of aromatic amines is 1. The summed E-state index contributed by atoms with van der Waals surface area (Å²) >= 11 is 0. The van der Waals surface area contributed by atoms with Gasteiger partial charge in [-0.15, -0.1) is 0 Å². The molecule has 1 saturated carbocycles. The Balaban J connectivity index is 1.75. The molecule has 0 aliphatic heterocycles. The van der Waals surface area contributed by atoms with Crippen molar-refractivity contribution in [1.82, 2.24) is 10.3 Å². The summed E-state index contributed by atoms with van der Waals surface area (Å²) < 4.78 is 0. The van der Waals surface area contributed by atoms with Crippen LogP contribution in [0.2, 0.25) is 0 Å². The molecule has 1 aromatic rings. The zero-order valence-electron chi connectivity index (χ0n) is 10.3. The first-order valence-corrected chi connectivity index (χ1v) is 6.71. The van der Waals surface area contributed by atoms with Gasteiger partial charge in [0, 0.05) is 25.0 Å². The zero-order valence-corrected chi connectivity index (χ0v) is 10.3. The molecule has 0 unspecified atom stereocenters. The third-order valence-corrected chi connectivity index (χ3v) is 3.90. The monoisotopic (exact) mass is 220 g/mol. The summed E-state index contributed by atoms with van der Waals surface area (Å²) in [7, 11) is 0. The molecule has 90 valence electrons. The van der Waals surface area contributed by atoms with Crippen molar-refractivity contribution in [3.05, 3.63) is 24.0 Å². The molecule has 1 atom stereocenters. The van der Waals surface area contributed by atoms with E-state index in [0.717, 1.165) is 12.5 Å². The van der Waals surface area contributed by atoms with Crippen LogP contribution in [-0.2, 0) is 6.54 Å². The van der Waals surface area contributed by atoms with Crippen LogP contribution in [0.4, 0.5) is 0 Å². The van der Waals surface area contributed by atoms with E-state index in [0.29, 0.717) is 6.04 Å². The standard InChI is InChI=1S/C14H24N2/c1-12(14-6-4-2-3-5-7-14)16-11-13-8-9-15-10-13/h8-10,12,14-16H,2-7,11H2,1H3/t12-/m1/s1. The zero-order chi connectivity index (χ0) is 11.2. The Labute approximate surface area is 98.8 Å². The van der Waals surface area contributed by atoms with Gasteiger partial charge >= 0.3 is 0 Å². The summed E-state index contributed by atoms with van der Waals surface area (Å²) in [6.07, 6.45) is 12.7. The molecule has 2 rings (SSSR count). The van der Waals surface area contributed by atoms with Crippen LogP contribution in [0.5, 0.6) is 0 Å². The molecule has 1 aliphatic carbocycles. The number of H-pyrrole nitrogens is 1. The summed E-state index contributed by atoms with van der Waals surface area (Å²) in [5.41, 5.74) is 1.36. The molecule has 1 aliphatic rings. The van der Waals surface area contributed by atoms with E-state index in [1.165, 1.54) is 44.1 Å². The second kappa shape index (κ2) is 6.09. The molecule has 2 N–H and O–H groups in total. The Morgan fingerprint density at radius 3 is 2.69 bits per heavy atom. The van der Waals surface area contributed by atoms with E-state index in [1.807, 2.05) is 6.20 Å². The predicted octanol–water partition coefficient (Wildman–Crippen LogP) is 3.46. The Kier molecular flexibility index (Phi) is 4.46. The van der Waals surface area contributed by atoms with Crippen molar-refractivity contribution in [1.29, 1.82) is 0 Å². The molecule has 1 aromatic heterocycles. The minimum absolute atomic E-state index is 0.660. The van der Waals surface area contributed by atoms with Crippen LogP contribution in [0.3, 0.4) is 0 Å². The second-order valence-electron chi connectivity index (χ2n) is 5.14. The summed E-state index contributed by atoms with van der Waals surface area (Å²) in [5.74, 6) is 0.890. The molecule has 1 fully saturated rings. The smallest absolute Gasteiger partial charge is 0.0223 e.